The molecule has 2 heterocycles. The van der Waals surface area contributed by atoms with Crippen LogP contribution >= 0.6 is 0 Å². The second-order valence-electron chi connectivity index (χ2n) is 9.36. The minimum atomic E-state index is 0.481. The Bertz CT molecular complexity index is 1300. The number of rotatable bonds is 8. The van der Waals surface area contributed by atoms with E-state index in [0.717, 1.165) is 72.0 Å². The largest absolute Gasteiger partial charge is 0.496 e. The Balaban J connectivity index is 1.50. The first kappa shape index (κ1) is 24.1. The predicted molar refractivity (Wildman–Crippen MR) is 147 cm³/mol. The Labute approximate surface area is 213 Å². The minimum Gasteiger partial charge on any atom is -0.496 e. The Kier molecular flexibility index (Phi) is 7.33. The maximum absolute atomic E-state index is 5.65. The zero-order valence-corrected chi connectivity index (χ0v) is 21.4. The van der Waals surface area contributed by atoms with Crippen LogP contribution in [0.25, 0.3) is 22.3 Å². The molecule has 1 saturated heterocycles. The number of aromatic nitrogens is 2. The summed E-state index contributed by atoms with van der Waals surface area (Å²) < 4.78 is 10.9. The van der Waals surface area contributed by atoms with Crippen LogP contribution in [-0.2, 0) is 4.74 Å². The molecule has 0 N–H and O–H groups in total. The Morgan fingerprint density at radius 1 is 0.917 bits per heavy atom. The molecule has 1 aliphatic rings. The summed E-state index contributed by atoms with van der Waals surface area (Å²) in [5.74, 6) is 3.25. The fourth-order valence-corrected chi connectivity index (χ4v) is 5.06. The lowest BCUT2D eigenvalue weighted by molar-refractivity contribution is 0.206. The number of anilines is 2. The van der Waals surface area contributed by atoms with E-state index in [2.05, 4.69) is 65.4 Å². The van der Waals surface area contributed by atoms with Crippen LogP contribution in [0.2, 0.25) is 0 Å². The molecule has 36 heavy (non-hydrogen) atoms. The SMILES string of the molecule is COCCN(C)c1ccc2nc(-c3ccccc3)nc(N3CCC(c4ccccc4OC)CC3)c2c1. The molecule has 6 nitrogen and oxygen atoms in total. The molecule has 0 saturated carbocycles. The molecule has 0 spiro atoms. The molecule has 0 amide bonds. The highest BCUT2D eigenvalue weighted by Gasteiger charge is 2.25. The number of fused-ring (bicyclic) bond motifs is 1. The highest BCUT2D eigenvalue weighted by atomic mass is 16.5. The summed E-state index contributed by atoms with van der Waals surface area (Å²) >= 11 is 0. The Morgan fingerprint density at radius 3 is 2.42 bits per heavy atom. The third kappa shape index (κ3) is 5.00. The molecule has 186 valence electrons. The smallest absolute Gasteiger partial charge is 0.162 e. The van der Waals surface area contributed by atoms with Crippen LogP contribution in [-0.4, -0.2) is 57.5 Å². The molecule has 1 aliphatic heterocycles. The van der Waals surface area contributed by atoms with Crippen molar-refractivity contribution in [3.63, 3.8) is 0 Å². The highest BCUT2D eigenvalue weighted by Crippen LogP contribution is 2.37. The van der Waals surface area contributed by atoms with E-state index in [9.17, 15) is 0 Å². The second-order valence-corrected chi connectivity index (χ2v) is 9.36. The molecule has 1 aromatic heterocycles. The van der Waals surface area contributed by atoms with Crippen molar-refractivity contribution >= 4 is 22.4 Å². The number of nitrogens with zero attached hydrogens (tertiary/aromatic N) is 4. The molecule has 0 radical (unpaired) electrons. The number of methoxy groups -OCH3 is 2. The van der Waals surface area contributed by atoms with E-state index >= 15 is 0 Å². The van der Waals surface area contributed by atoms with Crippen molar-refractivity contribution in [1.82, 2.24) is 9.97 Å². The van der Waals surface area contributed by atoms with Gasteiger partial charge in [0.15, 0.2) is 5.82 Å². The number of piperidine rings is 1. The first-order chi connectivity index (χ1) is 17.7. The van der Waals surface area contributed by atoms with Gasteiger partial charge in [-0.1, -0.05) is 48.5 Å². The third-order valence-corrected chi connectivity index (χ3v) is 7.14. The number of hydrogen-bond donors (Lipinski definition) is 0. The molecule has 0 bridgehead atoms. The maximum Gasteiger partial charge on any atom is 0.162 e. The topological polar surface area (TPSA) is 50.7 Å². The van der Waals surface area contributed by atoms with Gasteiger partial charge in [-0.2, -0.15) is 0 Å². The molecule has 0 aliphatic carbocycles. The third-order valence-electron chi connectivity index (χ3n) is 7.14. The first-order valence-electron chi connectivity index (χ1n) is 12.6. The average molecular weight is 483 g/mol. The molecule has 3 aromatic carbocycles. The number of hydrogen-bond acceptors (Lipinski definition) is 6. The van der Waals surface area contributed by atoms with Gasteiger partial charge >= 0.3 is 0 Å². The van der Waals surface area contributed by atoms with Gasteiger partial charge in [-0.3, -0.25) is 0 Å². The van der Waals surface area contributed by atoms with Gasteiger partial charge in [0.1, 0.15) is 11.6 Å². The zero-order chi connectivity index (χ0) is 24.9. The molecular formula is C30H34N4O2. The molecular weight excluding hydrogens is 448 g/mol. The average Bonchev–Trinajstić information content (AvgIpc) is 2.95. The summed E-state index contributed by atoms with van der Waals surface area (Å²) in [5, 5.41) is 1.09. The lowest BCUT2D eigenvalue weighted by Crippen LogP contribution is -2.34. The highest BCUT2D eigenvalue weighted by molar-refractivity contribution is 5.93. The van der Waals surface area contributed by atoms with Crippen LogP contribution in [0.4, 0.5) is 11.5 Å². The summed E-state index contributed by atoms with van der Waals surface area (Å²) in [6.07, 6.45) is 2.11. The molecule has 0 unspecified atom stereocenters. The van der Waals surface area contributed by atoms with Crippen molar-refractivity contribution < 1.29 is 9.47 Å². The van der Waals surface area contributed by atoms with Gasteiger partial charge in [0.05, 0.1) is 19.2 Å². The molecule has 4 aromatic rings. The van der Waals surface area contributed by atoms with Gasteiger partial charge in [-0.25, -0.2) is 9.97 Å². The van der Waals surface area contributed by atoms with Crippen LogP contribution < -0.4 is 14.5 Å². The van der Waals surface area contributed by atoms with Gasteiger partial charge in [0, 0.05) is 50.4 Å². The normalized spacial score (nSPS) is 14.2. The van der Waals surface area contributed by atoms with E-state index in [1.54, 1.807) is 14.2 Å². The van der Waals surface area contributed by atoms with E-state index in [4.69, 9.17) is 19.4 Å². The number of para-hydroxylation sites is 1. The summed E-state index contributed by atoms with van der Waals surface area (Å²) in [4.78, 5) is 14.7. The number of ether oxygens (including phenoxy) is 2. The standard InChI is InChI=1S/C30H34N4O2/c1-33(19-20-35-2)24-13-14-27-26(21-24)30(32-29(31-27)23-9-5-4-6-10-23)34-17-15-22(16-18-34)25-11-7-8-12-28(25)36-3/h4-14,21-22H,15-20H2,1-3H3. The van der Waals surface area contributed by atoms with E-state index in [0.29, 0.717) is 12.5 Å². The van der Waals surface area contributed by atoms with E-state index < -0.39 is 0 Å². The van der Waals surface area contributed by atoms with Gasteiger partial charge < -0.3 is 19.3 Å². The summed E-state index contributed by atoms with van der Waals surface area (Å²) in [6.45, 7) is 3.38. The summed E-state index contributed by atoms with van der Waals surface area (Å²) in [6, 6.07) is 25.1. The first-order valence-corrected chi connectivity index (χ1v) is 12.6. The van der Waals surface area contributed by atoms with Crippen LogP contribution in [0.5, 0.6) is 5.75 Å². The van der Waals surface area contributed by atoms with Crippen LogP contribution in [0, 0.1) is 0 Å². The van der Waals surface area contributed by atoms with Crippen molar-refractivity contribution in [2.45, 2.75) is 18.8 Å². The summed E-state index contributed by atoms with van der Waals surface area (Å²) in [5.41, 5.74) is 4.44. The van der Waals surface area contributed by atoms with Crippen LogP contribution in [0.3, 0.4) is 0 Å². The second kappa shape index (κ2) is 11.0. The number of likely N-dealkylation sites (N-methyl/N-ethyl adjacent to an activating group) is 1. The lowest BCUT2D eigenvalue weighted by atomic mass is 9.88. The van der Waals surface area contributed by atoms with Crippen molar-refractivity contribution in [3.8, 4) is 17.1 Å². The Morgan fingerprint density at radius 2 is 1.67 bits per heavy atom. The molecule has 6 heteroatoms. The van der Waals surface area contributed by atoms with Crippen LogP contribution in [0.15, 0.2) is 72.8 Å². The fraction of sp³-hybridized carbons (Fsp3) is 0.333. The molecule has 0 atom stereocenters. The molecule has 1 fully saturated rings. The maximum atomic E-state index is 5.65. The van der Waals surface area contributed by atoms with Crippen molar-refractivity contribution in [3.05, 3.63) is 78.4 Å². The van der Waals surface area contributed by atoms with Gasteiger partial charge in [-0.05, 0) is 48.6 Å². The lowest BCUT2D eigenvalue weighted by Gasteiger charge is -2.34. The minimum absolute atomic E-state index is 0.481. The van der Waals surface area contributed by atoms with Gasteiger partial charge in [0.25, 0.3) is 0 Å². The fourth-order valence-electron chi connectivity index (χ4n) is 5.06. The van der Waals surface area contributed by atoms with Crippen LogP contribution in [0.1, 0.15) is 24.3 Å². The van der Waals surface area contributed by atoms with Crippen molar-refractivity contribution in [2.75, 3.05) is 57.3 Å². The van der Waals surface area contributed by atoms with Crippen molar-refractivity contribution in [1.29, 1.82) is 0 Å². The van der Waals surface area contributed by atoms with Gasteiger partial charge in [-0.15, -0.1) is 0 Å². The monoisotopic (exact) mass is 482 g/mol. The van der Waals surface area contributed by atoms with Gasteiger partial charge in [0.2, 0.25) is 0 Å². The molecule has 5 rings (SSSR count). The van der Waals surface area contributed by atoms with Crippen molar-refractivity contribution in [2.24, 2.45) is 0 Å². The quantitative estimate of drug-likeness (QED) is 0.318. The Hall–Kier alpha value is -3.64. The predicted octanol–water partition coefficient (Wildman–Crippen LogP) is 5.77. The zero-order valence-electron chi connectivity index (χ0n) is 21.4. The van der Waals surface area contributed by atoms with E-state index in [1.807, 2.05) is 24.3 Å². The van der Waals surface area contributed by atoms with E-state index in [1.165, 1.54) is 5.56 Å². The number of benzene rings is 3. The summed E-state index contributed by atoms with van der Waals surface area (Å²) in [7, 11) is 5.59. The van der Waals surface area contributed by atoms with E-state index in [-0.39, 0.29) is 0 Å².